The zero-order valence-corrected chi connectivity index (χ0v) is 15.9. The Morgan fingerprint density at radius 1 is 1.11 bits per heavy atom. The van der Waals surface area contributed by atoms with Gasteiger partial charge in [0.1, 0.15) is 0 Å². The Morgan fingerprint density at radius 3 is 2.71 bits per heavy atom. The summed E-state index contributed by atoms with van der Waals surface area (Å²) >= 11 is 0. The number of amides is 2. The molecule has 4 nitrogen and oxygen atoms in total. The molecule has 2 atom stereocenters. The minimum atomic E-state index is -0.0154. The van der Waals surface area contributed by atoms with Crippen molar-refractivity contribution in [3.8, 4) is 11.3 Å². The second kappa shape index (κ2) is 6.48. The van der Waals surface area contributed by atoms with Gasteiger partial charge in [-0.1, -0.05) is 42.5 Å². The maximum absolute atomic E-state index is 12.9. The van der Waals surface area contributed by atoms with Crippen LogP contribution in [0.1, 0.15) is 17.5 Å². The van der Waals surface area contributed by atoms with Gasteiger partial charge in [-0.25, -0.2) is 4.79 Å². The molecule has 4 heteroatoms. The first-order valence-corrected chi connectivity index (χ1v) is 9.79. The van der Waals surface area contributed by atoms with Gasteiger partial charge in [0, 0.05) is 36.0 Å². The average Bonchev–Trinajstić information content (AvgIpc) is 3.31. The summed E-state index contributed by atoms with van der Waals surface area (Å²) in [6.45, 7) is 3.69. The van der Waals surface area contributed by atoms with Gasteiger partial charge in [-0.05, 0) is 54.7 Å². The molecule has 28 heavy (non-hydrogen) atoms. The average molecular weight is 369 g/mol. The van der Waals surface area contributed by atoms with E-state index in [1.54, 1.807) is 6.20 Å². The third-order valence-corrected chi connectivity index (χ3v) is 6.21. The molecule has 2 aromatic carbocycles. The van der Waals surface area contributed by atoms with Gasteiger partial charge in [-0.15, -0.1) is 0 Å². The minimum absolute atomic E-state index is 0.0154. The molecule has 1 aliphatic heterocycles. The molecule has 5 rings (SSSR count). The predicted molar refractivity (Wildman–Crippen MR) is 111 cm³/mol. The second-order valence-electron chi connectivity index (χ2n) is 7.98. The highest BCUT2D eigenvalue weighted by Gasteiger charge is 2.61. The Hall–Kier alpha value is -3.14. The van der Waals surface area contributed by atoms with Gasteiger partial charge in [-0.3, -0.25) is 4.98 Å². The van der Waals surface area contributed by atoms with Crippen molar-refractivity contribution >= 4 is 11.7 Å². The number of nitrogens with zero attached hydrogens (tertiary/aromatic N) is 2. The molecular formula is C24H23N3O. The van der Waals surface area contributed by atoms with Crippen LogP contribution in [0.4, 0.5) is 10.5 Å². The lowest BCUT2D eigenvalue weighted by Gasteiger charge is -2.22. The number of hydrogen-bond acceptors (Lipinski definition) is 2. The number of carbonyl (C=O) groups is 1. The van der Waals surface area contributed by atoms with Gasteiger partial charge in [0.15, 0.2) is 0 Å². The molecule has 1 saturated heterocycles. The number of aromatic nitrogens is 1. The molecule has 0 unspecified atom stereocenters. The molecule has 1 aliphatic carbocycles. The van der Waals surface area contributed by atoms with Crippen molar-refractivity contribution in [3.63, 3.8) is 0 Å². The normalized spacial score (nSPS) is 22.6. The van der Waals surface area contributed by atoms with Gasteiger partial charge in [0.05, 0.1) is 5.69 Å². The van der Waals surface area contributed by atoms with Gasteiger partial charge in [0.2, 0.25) is 0 Å². The van der Waals surface area contributed by atoms with Gasteiger partial charge < -0.3 is 10.2 Å². The molecule has 0 bridgehead atoms. The molecule has 3 aromatic rings. The molecule has 2 amide bonds. The molecule has 2 heterocycles. The number of pyridine rings is 1. The zero-order valence-electron chi connectivity index (χ0n) is 15.9. The number of hydrogen-bond donors (Lipinski definition) is 1. The summed E-state index contributed by atoms with van der Waals surface area (Å²) in [7, 11) is 0. The van der Waals surface area contributed by atoms with Crippen molar-refractivity contribution in [1.82, 2.24) is 9.88 Å². The van der Waals surface area contributed by atoms with Gasteiger partial charge >= 0.3 is 6.03 Å². The highest BCUT2D eigenvalue weighted by atomic mass is 16.2. The Morgan fingerprint density at radius 2 is 1.93 bits per heavy atom. The highest BCUT2D eigenvalue weighted by Crippen LogP contribution is 2.58. The van der Waals surface area contributed by atoms with Crippen molar-refractivity contribution in [2.75, 3.05) is 18.4 Å². The number of aryl methyl sites for hydroxylation is 1. The first kappa shape index (κ1) is 17.0. The zero-order chi connectivity index (χ0) is 19.1. The van der Waals surface area contributed by atoms with Crippen LogP contribution in [0.15, 0.2) is 72.9 Å². The number of benzene rings is 2. The van der Waals surface area contributed by atoms with E-state index in [4.69, 9.17) is 0 Å². The predicted octanol–water partition coefficient (Wildman–Crippen LogP) is 4.86. The molecule has 0 radical (unpaired) electrons. The standard InChI is InChI=1S/C24H23N3O/c1-17-10-11-20(13-21(17)22-9-5-6-12-25-22)26-23(28)27-15-19-14-24(19,16-27)18-7-3-2-4-8-18/h2-13,19H,14-16H2,1H3,(H,26,28)/t19-,24+/m1/s1. The van der Waals surface area contributed by atoms with E-state index in [1.165, 1.54) is 12.0 Å². The number of carbonyl (C=O) groups excluding carboxylic acids is 1. The van der Waals surface area contributed by atoms with Crippen LogP contribution in [-0.4, -0.2) is 29.0 Å². The van der Waals surface area contributed by atoms with Gasteiger partial charge in [-0.2, -0.15) is 0 Å². The van der Waals surface area contributed by atoms with Crippen molar-refractivity contribution in [3.05, 3.63) is 84.1 Å². The first-order chi connectivity index (χ1) is 13.7. The molecule has 140 valence electrons. The number of urea groups is 1. The summed E-state index contributed by atoms with van der Waals surface area (Å²) in [6, 6.07) is 22.5. The fourth-order valence-electron chi connectivity index (χ4n) is 4.55. The summed E-state index contributed by atoms with van der Waals surface area (Å²) in [5, 5.41) is 3.09. The van der Waals surface area contributed by atoms with Crippen molar-refractivity contribution in [1.29, 1.82) is 0 Å². The third-order valence-electron chi connectivity index (χ3n) is 6.21. The van der Waals surface area contributed by atoms with E-state index in [2.05, 4.69) is 41.5 Å². The molecule has 0 spiro atoms. The number of rotatable bonds is 3. The van der Waals surface area contributed by atoms with E-state index in [1.807, 2.05) is 47.4 Å². The van der Waals surface area contributed by atoms with Crippen LogP contribution in [0.3, 0.4) is 0 Å². The SMILES string of the molecule is Cc1ccc(NC(=O)N2C[C@H]3C[C@@]3(c3ccccc3)C2)cc1-c1ccccn1. The summed E-state index contributed by atoms with van der Waals surface area (Å²) in [5.74, 6) is 0.586. The maximum atomic E-state index is 12.9. The molecule has 1 aromatic heterocycles. The molecular weight excluding hydrogens is 346 g/mol. The smallest absolute Gasteiger partial charge is 0.321 e. The second-order valence-corrected chi connectivity index (χ2v) is 7.98. The van der Waals surface area contributed by atoms with E-state index in [0.717, 1.165) is 35.6 Å². The van der Waals surface area contributed by atoms with Crippen LogP contribution in [0.2, 0.25) is 0 Å². The third kappa shape index (κ3) is 2.85. The van der Waals surface area contributed by atoms with E-state index >= 15 is 0 Å². The summed E-state index contributed by atoms with van der Waals surface area (Å²) in [5.41, 5.74) is 5.45. The molecule has 1 N–H and O–H groups in total. The summed E-state index contributed by atoms with van der Waals surface area (Å²) in [4.78, 5) is 19.3. The van der Waals surface area contributed by atoms with Crippen LogP contribution in [-0.2, 0) is 5.41 Å². The topological polar surface area (TPSA) is 45.2 Å². The first-order valence-electron chi connectivity index (χ1n) is 9.79. The van der Waals surface area contributed by atoms with Crippen LogP contribution in [0, 0.1) is 12.8 Å². The monoisotopic (exact) mass is 369 g/mol. The number of nitrogens with one attached hydrogen (secondary N) is 1. The fraction of sp³-hybridized carbons (Fsp3) is 0.250. The Labute approximate surface area is 165 Å². The molecule has 1 saturated carbocycles. The van der Waals surface area contributed by atoms with E-state index in [9.17, 15) is 4.79 Å². The molecule has 2 aliphatic rings. The van der Waals surface area contributed by atoms with E-state index < -0.39 is 0 Å². The van der Waals surface area contributed by atoms with E-state index in [-0.39, 0.29) is 11.4 Å². The fourth-order valence-corrected chi connectivity index (χ4v) is 4.55. The minimum Gasteiger partial charge on any atom is -0.323 e. The largest absolute Gasteiger partial charge is 0.323 e. The lowest BCUT2D eigenvalue weighted by atomic mass is 9.95. The van der Waals surface area contributed by atoms with Crippen molar-refractivity contribution in [2.45, 2.75) is 18.8 Å². The number of fused-ring (bicyclic) bond motifs is 1. The number of anilines is 1. The Bertz CT molecular complexity index is 1020. The van der Waals surface area contributed by atoms with Gasteiger partial charge in [0.25, 0.3) is 0 Å². The summed E-state index contributed by atoms with van der Waals surface area (Å²) in [6.07, 6.45) is 2.98. The van der Waals surface area contributed by atoms with Crippen molar-refractivity contribution in [2.24, 2.45) is 5.92 Å². The lowest BCUT2D eigenvalue weighted by molar-refractivity contribution is 0.216. The Kier molecular flexibility index (Phi) is 3.93. The quantitative estimate of drug-likeness (QED) is 0.716. The van der Waals surface area contributed by atoms with Crippen LogP contribution < -0.4 is 5.32 Å². The molecule has 2 fully saturated rings. The van der Waals surface area contributed by atoms with Crippen LogP contribution >= 0.6 is 0 Å². The maximum Gasteiger partial charge on any atom is 0.321 e. The highest BCUT2D eigenvalue weighted by molar-refractivity contribution is 5.91. The summed E-state index contributed by atoms with van der Waals surface area (Å²) < 4.78 is 0. The van der Waals surface area contributed by atoms with Crippen molar-refractivity contribution < 1.29 is 4.79 Å². The number of piperidine rings is 1. The van der Waals surface area contributed by atoms with E-state index in [0.29, 0.717) is 5.92 Å². The van der Waals surface area contributed by atoms with Crippen LogP contribution in [0.25, 0.3) is 11.3 Å². The lowest BCUT2D eigenvalue weighted by Crippen LogP contribution is -2.36. The Balaban J connectivity index is 1.32. The van der Waals surface area contributed by atoms with Crippen LogP contribution in [0.5, 0.6) is 0 Å². The number of likely N-dealkylation sites (tertiary alicyclic amines) is 1.